The molecule has 1 aromatic carbocycles. The second kappa shape index (κ2) is 4.65. The summed E-state index contributed by atoms with van der Waals surface area (Å²) >= 11 is 0. The predicted octanol–water partition coefficient (Wildman–Crippen LogP) is 3.32. The number of aryl methyl sites for hydroxylation is 1. The Balaban J connectivity index is 2.69. The number of ketones is 1. The lowest BCUT2D eigenvalue weighted by Gasteiger charge is -2.16. The van der Waals surface area contributed by atoms with Gasteiger partial charge in [0.1, 0.15) is 0 Å². The molecule has 1 N–H and O–H groups in total. The molecule has 0 spiro atoms. The smallest absolute Gasteiger partial charge is 0.200 e. The van der Waals surface area contributed by atoms with Crippen LogP contribution >= 0.6 is 0 Å². The molecule has 3 nitrogen and oxygen atoms in total. The van der Waals surface area contributed by atoms with Crippen molar-refractivity contribution < 1.29 is 4.79 Å². The Morgan fingerprint density at radius 3 is 2.53 bits per heavy atom. The summed E-state index contributed by atoms with van der Waals surface area (Å²) < 4.78 is 0. The summed E-state index contributed by atoms with van der Waals surface area (Å²) in [5.41, 5.74) is 1.38. The maximum Gasteiger partial charge on any atom is 0.200 e. The fourth-order valence-electron chi connectivity index (χ4n) is 2.06. The van der Waals surface area contributed by atoms with Crippen LogP contribution in [0.15, 0.2) is 29.2 Å². The molecule has 0 fully saturated rings. The fourth-order valence-corrected chi connectivity index (χ4v) is 2.06. The first-order chi connectivity index (χ1) is 8.84. The van der Waals surface area contributed by atoms with E-state index in [1.54, 1.807) is 0 Å². The minimum Gasteiger partial charge on any atom is -0.360 e. The Morgan fingerprint density at radius 1 is 1.26 bits per heavy atom. The van der Waals surface area contributed by atoms with Gasteiger partial charge >= 0.3 is 0 Å². The van der Waals surface area contributed by atoms with Crippen LogP contribution in [-0.4, -0.2) is 10.8 Å². The van der Waals surface area contributed by atoms with E-state index in [4.69, 9.17) is 0 Å². The lowest BCUT2D eigenvalue weighted by Crippen LogP contribution is -2.26. The van der Waals surface area contributed by atoms with E-state index in [2.05, 4.69) is 4.98 Å². The Bertz CT molecular complexity index is 690. The molecule has 0 saturated heterocycles. The number of carbonyl (C=O) groups is 1. The van der Waals surface area contributed by atoms with Crippen molar-refractivity contribution in [3.05, 3.63) is 45.7 Å². The number of nitrogens with one attached hydrogen (secondary N) is 1. The minimum atomic E-state index is -0.553. The topological polar surface area (TPSA) is 49.9 Å². The van der Waals surface area contributed by atoms with E-state index in [1.807, 2.05) is 45.9 Å². The molecular formula is C16H19NO2. The maximum atomic E-state index is 12.4. The molecule has 0 aliphatic heterocycles. The second-order valence-corrected chi connectivity index (χ2v) is 5.84. The zero-order valence-electron chi connectivity index (χ0n) is 11.8. The third-order valence-corrected chi connectivity index (χ3v) is 3.28. The van der Waals surface area contributed by atoms with E-state index in [0.717, 1.165) is 17.5 Å². The van der Waals surface area contributed by atoms with E-state index in [0.29, 0.717) is 5.39 Å². The molecule has 19 heavy (non-hydrogen) atoms. The highest BCUT2D eigenvalue weighted by Crippen LogP contribution is 2.20. The standard InChI is InChI=1S/C16H19NO2/c1-5-10-6-7-13-11(8-10)14(18)12(9-17-13)15(19)16(2,3)4/h6-9H,5H2,1-4H3,(H,17,18). The number of rotatable bonds is 2. The SMILES string of the molecule is CCc1ccc2[nH]cc(C(=O)C(C)(C)C)c(=O)c2c1. The molecule has 100 valence electrons. The Labute approximate surface area is 112 Å². The fraction of sp³-hybridized carbons (Fsp3) is 0.375. The van der Waals surface area contributed by atoms with Crippen LogP contribution in [0.2, 0.25) is 0 Å². The third-order valence-electron chi connectivity index (χ3n) is 3.28. The van der Waals surface area contributed by atoms with Crippen LogP contribution in [0.3, 0.4) is 0 Å². The number of aromatic nitrogens is 1. The first-order valence-corrected chi connectivity index (χ1v) is 6.53. The van der Waals surface area contributed by atoms with E-state index in [1.165, 1.54) is 6.20 Å². The van der Waals surface area contributed by atoms with Gasteiger partial charge in [0.05, 0.1) is 5.56 Å². The third kappa shape index (κ3) is 2.46. The summed E-state index contributed by atoms with van der Waals surface area (Å²) in [5, 5.41) is 0.592. The number of aromatic amines is 1. The van der Waals surface area contributed by atoms with Crippen LogP contribution in [0.1, 0.15) is 43.6 Å². The van der Waals surface area contributed by atoms with Gasteiger partial charge in [-0.2, -0.15) is 0 Å². The number of hydrogen-bond donors (Lipinski definition) is 1. The van der Waals surface area contributed by atoms with Crippen LogP contribution in [0.25, 0.3) is 10.9 Å². The molecule has 3 heteroatoms. The Hall–Kier alpha value is -1.90. The Morgan fingerprint density at radius 2 is 1.95 bits per heavy atom. The summed E-state index contributed by atoms with van der Waals surface area (Å²) in [6.45, 7) is 7.50. The molecule has 1 aromatic heterocycles. The van der Waals surface area contributed by atoms with Gasteiger partial charge in [0.2, 0.25) is 0 Å². The molecule has 0 aliphatic rings. The average molecular weight is 257 g/mol. The first-order valence-electron chi connectivity index (χ1n) is 6.53. The zero-order chi connectivity index (χ0) is 14.2. The van der Waals surface area contributed by atoms with Gasteiger partial charge in [0.25, 0.3) is 0 Å². The highest BCUT2D eigenvalue weighted by molar-refractivity contribution is 6.01. The van der Waals surface area contributed by atoms with Crippen LogP contribution in [0.5, 0.6) is 0 Å². The van der Waals surface area contributed by atoms with Crippen molar-refractivity contribution in [2.45, 2.75) is 34.1 Å². The maximum absolute atomic E-state index is 12.4. The number of pyridine rings is 1. The number of fused-ring (bicyclic) bond motifs is 1. The van der Waals surface area contributed by atoms with Crippen LogP contribution in [0.4, 0.5) is 0 Å². The highest BCUT2D eigenvalue weighted by Gasteiger charge is 2.25. The van der Waals surface area contributed by atoms with Crippen LogP contribution < -0.4 is 5.43 Å². The number of carbonyl (C=O) groups excluding carboxylic acids is 1. The molecule has 0 aliphatic carbocycles. The number of benzene rings is 1. The molecule has 2 rings (SSSR count). The molecule has 2 aromatic rings. The van der Waals surface area contributed by atoms with E-state index in [9.17, 15) is 9.59 Å². The summed E-state index contributed by atoms with van der Waals surface area (Å²) in [5.74, 6) is -0.127. The minimum absolute atomic E-state index is 0.127. The van der Waals surface area contributed by atoms with Crippen molar-refractivity contribution in [3.63, 3.8) is 0 Å². The summed E-state index contributed by atoms with van der Waals surface area (Å²) in [7, 11) is 0. The number of H-pyrrole nitrogens is 1. The van der Waals surface area contributed by atoms with E-state index in [-0.39, 0.29) is 16.8 Å². The van der Waals surface area contributed by atoms with Crippen molar-refractivity contribution in [1.82, 2.24) is 4.98 Å². The molecule has 0 unspecified atom stereocenters. The number of Topliss-reactive ketones (excluding diaryl/α,β-unsaturated/α-hetero) is 1. The van der Waals surface area contributed by atoms with Crippen molar-refractivity contribution in [2.24, 2.45) is 5.41 Å². The van der Waals surface area contributed by atoms with Gasteiger partial charge in [0.15, 0.2) is 11.2 Å². The summed E-state index contributed by atoms with van der Waals surface area (Å²) in [6, 6.07) is 5.75. The molecule has 0 bridgehead atoms. The molecular weight excluding hydrogens is 238 g/mol. The molecule has 0 atom stereocenters. The van der Waals surface area contributed by atoms with Gasteiger partial charge in [-0.3, -0.25) is 9.59 Å². The largest absolute Gasteiger partial charge is 0.360 e. The predicted molar refractivity (Wildman–Crippen MR) is 77.7 cm³/mol. The van der Waals surface area contributed by atoms with Gasteiger partial charge in [-0.05, 0) is 24.1 Å². The van der Waals surface area contributed by atoms with Crippen molar-refractivity contribution in [1.29, 1.82) is 0 Å². The van der Waals surface area contributed by atoms with Crippen molar-refractivity contribution in [3.8, 4) is 0 Å². The van der Waals surface area contributed by atoms with Gasteiger partial charge in [-0.1, -0.05) is 33.8 Å². The van der Waals surface area contributed by atoms with Gasteiger partial charge in [0, 0.05) is 22.5 Å². The van der Waals surface area contributed by atoms with Gasteiger partial charge in [-0.25, -0.2) is 0 Å². The van der Waals surface area contributed by atoms with Crippen molar-refractivity contribution >= 4 is 16.7 Å². The lowest BCUT2D eigenvalue weighted by molar-refractivity contribution is 0.0857. The monoisotopic (exact) mass is 257 g/mol. The summed E-state index contributed by atoms with van der Waals surface area (Å²) in [4.78, 5) is 27.8. The van der Waals surface area contributed by atoms with Crippen LogP contribution in [-0.2, 0) is 6.42 Å². The second-order valence-electron chi connectivity index (χ2n) is 5.84. The van der Waals surface area contributed by atoms with E-state index >= 15 is 0 Å². The quantitative estimate of drug-likeness (QED) is 0.839. The average Bonchev–Trinajstić information content (AvgIpc) is 2.37. The zero-order valence-corrected chi connectivity index (χ0v) is 11.8. The van der Waals surface area contributed by atoms with Gasteiger partial charge in [-0.15, -0.1) is 0 Å². The molecule has 0 radical (unpaired) electrons. The van der Waals surface area contributed by atoms with Crippen LogP contribution in [0, 0.1) is 5.41 Å². The molecule has 1 heterocycles. The Kier molecular flexibility index (Phi) is 3.31. The number of hydrogen-bond acceptors (Lipinski definition) is 2. The van der Waals surface area contributed by atoms with Crippen molar-refractivity contribution in [2.75, 3.05) is 0 Å². The highest BCUT2D eigenvalue weighted by atomic mass is 16.1. The normalized spacial score (nSPS) is 11.8. The molecule has 0 saturated carbocycles. The van der Waals surface area contributed by atoms with E-state index < -0.39 is 5.41 Å². The van der Waals surface area contributed by atoms with Gasteiger partial charge < -0.3 is 4.98 Å². The lowest BCUT2D eigenvalue weighted by atomic mass is 9.86. The summed E-state index contributed by atoms with van der Waals surface area (Å²) in [6.07, 6.45) is 2.40. The molecule has 0 amide bonds. The first kappa shape index (κ1) is 13.5.